The van der Waals surface area contributed by atoms with Crippen LogP contribution in [0.4, 0.5) is 0 Å². The van der Waals surface area contributed by atoms with Crippen molar-refractivity contribution in [3.05, 3.63) is 83.9 Å². The summed E-state index contributed by atoms with van der Waals surface area (Å²) in [5.74, 6) is 0.699. The molecule has 4 aromatic carbocycles. The van der Waals surface area contributed by atoms with Gasteiger partial charge < -0.3 is 28.4 Å². The fraction of sp³-hybridized carbons (Fsp3) is 0.290. The summed E-state index contributed by atoms with van der Waals surface area (Å²) in [7, 11) is 0. The molecule has 0 radical (unpaired) electrons. The van der Waals surface area contributed by atoms with Crippen LogP contribution in [0.1, 0.15) is 27.1 Å². The molecule has 0 aliphatic carbocycles. The lowest BCUT2D eigenvalue weighted by molar-refractivity contribution is 0.0396. The molecule has 200 valence electrons. The van der Waals surface area contributed by atoms with Gasteiger partial charge in [-0.25, -0.2) is 9.59 Å². The highest BCUT2D eigenvalue weighted by atomic mass is 16.6. The lowest BCUT2D eigenvalue weighted by Gasteiger charge is -2.09. The fourth-order valence-electron chi connectivity index (χ4n) is 4.14. The molecule has 39 heavy (non-hydrogen) atoms. The van der Waals surface area contributed by atoms with E-state index in [1.165, 1.54) is 0 Å². The number of carbonyl (C=O) groups excluding carboxylic acids is 2. The van der Waals surface area contributed by atoms with E-state index in [-0.39, 0.29) is 25.4 Å². The molecule has 2 aliphatic heterocycles. The molecule has 8 heteroatoms. The molecular weight excluding hydrogens is 500 g/mol. The monoisotopic (exact) mass is 528 g/mol. The van der Waals surface area contributed by atoms with Crippen molar-refractivity contribution >= 4 is 33.5 Å². The number of esters is 2. The van der Waals surface area contributed by atoms with Crippen molar-refractivity contribution in [3.63, 3.8) is 0 Å². The van der Waals surface area contributed by atoms with E-state index < -0.39 is 11.9 Å². The van der Waals surface area contributed by atoms with Gasteiger partial charge in [0.05, 0.1) is 37.6 Å². The van der Waals surface area contributed by atoms with E-state index in [0.717, 1.165) is 46.3 Å². The summed E-state index contributed by atoms with van der Waals surface area (Å²) in [5.41, 5.74) is 0.926. The Morgan fingerprint density at radius 1 is 0.615 bits per heavy atom. The van der Waals surface area contributed by atoms with Gasteiger partial charge in [0.25, 0.3) is 0 Å². The van der Waals surface area contributed by atoms with Crippen LogP contribution >= 0.6 is 0 Å². The van der Waals surface area contributed by atoms with Gasteiger partial charge in [0, 0.05) is 6.42 Å². The Morgan fingerprint density at radius 2 is 1.03 bits per heavy atom. The van der Waals surface area contributed by atoms with E-state index in [9.17, 15) is 9.59 Å². The van der Waals surface area contributed by atoms with Crippen LogP contribution in [0.25, 0.3) is 21.5 Å². The van der Waals surface area contributed by atoms with Crippen molar-refractivity contribution in [1.29, 1.82) is 0 Å². The number of ether oxygens (including phenoxy) is 6. The van der Waals surface area contributed by atoms with Gasteiger partial charge in [0.2, 0.25) is 0 Å². The summed E-state index contributed by atoms with van der Waals surface area (Å²) in [6.07, 6.45) is 0.791. The first-order valence-corrected chi connectivity index (χ1v) is 13.0. The lowest BCUT2D eigenvalue weighted by atomic mass is 10.1. The van der Waals surface area contributed by atoms with Crippen LogP contribution in [0.15, 0.2) is 72.8 Å². The van der Waals surface area contributed by atoms with Crippen molar-refractivity contribution in [3.8, 4) is 11.5 Å². The Morgan fingerprint density at radius 3 is 1.46 bits per heavy atom. The van der Waals surface area contributed by atoms with E-state index in [4.69, 9.17) is 28.4 Å². The molecule has 0 bridgehead atoms. The molecule has 2 aliphatic rings. The minimum absolute atomic E-state index is 0.145. The summed E-state index contributed by atoms with van der Waals surface area (Å²) in [5, 5.41) is 3.78. The van der Waals surface area contributed by atoms with Gasteiger partial charge in [0.15, 0.2) is 0 Å². The largest absolute Gasteiger partial charge is 0.491 e. The van der Waals surface area contributed by atoms with Crippen LogP contribution < -0.4 is 9.47 Å². The molecule has 4 aromatic rings. The molecule has 6 rings (SSSR count). The second-order valence-electron chi connectivity index (χ2n) is 9.61. The van der Waals surface area contributed by atoms with Crippen molar-refractivity contribution in [2.75, 3.05) is 39.6 Å². The Balaban J connectivity index is 0.947. The highest BCUT2D eigenvalue weighted by Gasteiger charge is 2.23. The number of benzene rings is 4. The zero-order chi connectivity index (χ0) is 26.6. The number of hydrogen-bond acceptors (Lipinski definition) is 8. The van der Waals surface area contributed by atoms with Gasteiger partial charge in [-0.1, -0.05) is 24.3 Å². The first-order chi connectivity index (χ1) is 19.1. The van der Waals surface area contributed by atoms with Crippen molar-refractivity contribution in [2.45, 2.75) is 18.6 Å². The number of carbonyl (C=O) groups is 2. The smallest absolute Gasteiger partial charge is 0.338 e. The van der Waals surface area contributed by atoms with Crippen LogP contribution in [-0.2, 0) is 18.9 Å². The number of epoxide rings is 2. The average molecular weight is 529 g/mol. The molecule has 2 fully saturated rings. The first kappa shape index (κ1) is 25.2. The van der Waals surface area contributed by atoms with Crippen molar-refractivity contribution in [1.82, 2.24) is 0 Å². The highest BCUT2D eigenvalue weighted by molar-refractivity contribution is 5.96. The molecule has 0 aromatic heterocycles. The number of fused-ring (bicyclic) bond motifs is 2. The number of rotatable bonds is 12. The van der Waals surface area contributed by atoms with Gasteiger partial charge in [-0.3, -0.25) is 0 Å². The minimum Gasteiger partial charge on any atom is -0.491 e. The predicted octanol–water partition coefficient (Wildman–Crippen LogP) is 4.95. The van der Waals surface area contributed by atoms with Gasteiger partial charge in [-0.05, 0) is 70.1 Å². The molecule has 0 spiro atoms. The number of hydrogen-bond donors (Lipinski definition) is 0. The fourth-order valence-corrected chi connectivity index (χ4v) is 4.14. The summed E-state index contributed by atoms with van der Waals surface area (Å²) in [6, 6.07) is 22.2. The van der Waals surface area contributed by atoms with Crippen LogP contribution in [0.3, 0.4) is 0 Å². The van der Waals surface area contributed by atoms with E-state index >= 15 is 0 Å². The summed E-state index contributed by atoms with van der Waals surface area (Å²) in [4.78, 5) is 25.0. The second kappa shape index (κ2) is 11.3. The summed E-state index contributed by atoms with van der Waals surface area (Å²) >= 11 is 0. The van der Waals surface area contributed by atoms with Crippen LogP contribution in [0.2, 0.25) is 0 Å². The molecule has 8 nitrogen and oxygen atoms in total. The van der Waals surface area contributed by atoms with E-state index in [1.807, 2.05) is 48.5 Å². The maximum absolute atomic E-state index is 12.5. The third-order valence-electron chi connectivity index (χ3n) is 6.53. The summed E-state index contributed by atoms with van der Waals surface area (Å²) in [6.45, 7) is 2.88. The van der Waals surface area contributed by atoms with Crippen LogP contribution in [0.5, 0.6) is 11.5 Å². The third-order valence-corrected chi connectivity index (χ3v) is 6.53. The summed E-state index contributed by atoms with van der Waals surface area (Å²) < 4.78 is 32.5. The van der Waals surface area contributed by atoms with Gasteiger partial charge in [-0.2, -0.15) is 0 Å². The van der Waals surface area contributed by atoms with E-state index in [2.05, 4.69) is 0 Å². The average Bonchev–Trinajstić information content (AvgIpc) is 3.89. The topological polar surface area (TPSA) is 96.1 Å². The lowest BCUT2D eigenvalue weighted by Crippen LogP contribution is -2.11. The molecular formula is C31H28O8. The standard InChI is InChI=1S/C31H28O8/c32-30(24-4-2-22-14-26(8-6-20(22)12-24)36-16-28-18-38-28)34-10-1-11-35-31(33)25-5-3-23-15-27(9-7-21(23)13-25)37-17-29-19-39-29/h2-9,12-15,28-29H,1,10-11,16-19H2. The Bertz CT molecular complexity index is 1390. The third kappa shape index (κ3) is 6.66. The van der Waals surface area contributed by atoms with Crippen molar-refractivity contribution in [2.24, 2.45) is 0 Å². The Hall–Kier alpha value is -4.14. The zero-order valence-electron chi connectivity index (χ0n) is 21.3. The maximum atomic E-state index is 12.5. The van der Waals surface area contributed by atoms with Gasteiger partial charge in [0.1, 0.15) is 36.9 Å². The maximum Gasteiger partial charge on any atom is 0.338 e. The SMILES string of the molecule is O=C(OCCCOC(=O)c1ccc2cc(OCC3CO3)ccc2c1)c1ccc2cc(OCC3CO3)ccc2c1. The van der Waals surface area contributed by atoms with Gasteiger partial charge in [-0.15, -0.1) is 0 Å². The van der Waals surface area contributed by atoms with Gasteiger partial charge >= 0.3 is 11.9 Å². The van der Waals surface area contributed by atoms with Crippen LogP contribution in [0, 0.1) is 0 Å². The minimum atomic E-state index is -0.419. The second-order valence-corrected chi connectivity index (χ2v) is 9.61. The van der Waals surface area contributed by atoms with E-state index in [0.29, 0.717) is 30.8 Å². The highest BCUT2D eigenvalue weighted by Crippen LogP contribution is 2.25. The molecule has 2 saturated heterocycles. The molecule has 0 saturated carbocycles. The zero-order valence-corrected chi connectivity index (χ0v) is 21.3. The Kier molecular flexibility index (Phi) is 7.29. The van der Waals surface area contributed by atoms with Crippen LogP contribution in [-0.4, -0.2) is 63.8 Å². The quantitative estimate of drug-likeness (QED) is 0.145. The molecule has 0 amide bonds. The van der Waals surface area contributed by atoms with E-state index in [1.54, 1.807) is 24.3 Å². The first-order valence-electron chi connectivity index (χ1n) is 13.0. The molecule has 0 N–H and O–H groups in total. The Labute approximate surface area is 225 Å². The molecule has 2 unspecified atom stereocenters. The normalized spacial score (nSPS) is 17.5. The van der Waals surface area contributed by atoms with Crippen molar-refractivity contribution < 1.29 is 38.0 Å². The molecule has 2 heterocycles. The predicted molar refractivity (Wildman–Crippen MR) is 144 cm³/mol. The molecule has 2 atom stereocenters.